The Hall–Kier alpha value is -0.393. The van der Waals surface area contributed by atoms with Gasteiger partial charge in [0.15, 0.2) is 8.32 Å². The smallest absolute Gasteiger partial charge is 0.305 e. The van der Waals surface area contributed by atoms with Gasteiger partial charge in [0.1, 0.15) is 0 Å². The van der Waals surface area contributed by atoms with Crippen LogP contribution in [0.1, 0.15) is 47.0 Å². The lowest BCUT2D eigenvalue weighted by Gasteiger charge is -2.44. The summed E-state index contributed by atoms with van der Waals surface area (Å²) in [6.07, 6.45) is 2.52. The van der Waals surface area contributed by atoms with Gasteiger partial charge in [-0.1, -0.05) is 27.7 Å². The summed E-state index contributed by atoms with van der Waals surface area (Å²) in [6, 6.07) is 0. The van der Waals surface area contributed by atoms with Crippen molar-refractivity contribution in [3.05, 3.63) is 0 Å². The zero-order chi connectivity index (χ0) is 16.3. The van der Waals surface area contributed by atoms with E-state index in [2.05, 4.69) is 40.8 Å². The molecule has 1 heterocycles. The normalized spacial score (nSPS) is 25.5. The molecule has 0 spiro atoms. The second-order valence-corrected chi connectivity index (χ2v) is 12.4. The van der Waals surface area contributed by atoms with E-state index in [1.54, 1.807) is 0 Å². The van der Waals surface area contributed by atoms with Crippen molar-refractivity contribution in [1.29, 1.82) is 0 Å². The highest BCUT2D eigenvalue weighted by Crippen LogP contribution is 2.39. The first-order valence-corrected chi connectivity index (χ1v) is 10.9. The molecule has 4 nitrogen and oxygen atoms in total. The van der Waals surface area contributed by atoms with Gasteiger partial charge in [-0.3, -0.25) is 4.79 Å². The first-order valence-electron chi connectivity index (χ1n) is 7.94. The molecular formula is C16H32O4Si. The summed E-state index contributed by atoms with van der Waals surface area (Å²) < 4.78 is 17.3. The second kappa shape index (κ2) is 7.25. The Morgan fingerprint density at radius 3 is 2.52 bits per heavy atom. The Balaban J connectivity index is 2.76. The molecule has 0 aromatic rings. The number of carbonyl (C=O) groups is 1. The summed E-state index contributed by atoms with van der Waals surface area (Å²) in [4.78, 5) is 11.5. The monoisotopic (exact) mass is 316 g/mol. The number of carbonyl (C=O) groups excluding carboxylic acids is 1. The molecule has 0 unspecified atom stereocenters. The molecule has 0 radical (unpaired) electrons. The Bertz CT molecular complexity index is 349. The molecule has 124 valence electrons. The van der Waals surface area contributed by atoms with Crippen LogP contribution in [0.25, 0.3) is 0 Å². The van der Waals surface area contributed by atoms with E-state index in [-0.39, 0.29) is 29.1 Å². The fourth-order valence-corrected chi connectivity index (χ4v) is 3.81. The molecule has 21 heavy (non-hydrogen) atoms. The lowest BCUT2D eigenvalue weighted by atomic mass is 9.92. The SMILES string of the molecule is COC(=O)C[C@H](C)[C@H]1OCCC[C@@H]1O[Si](C)(C)C(C)(C)C. The molecule has 0 aromatic heterocycles. The van der Waals surface area contributed by atoms with E-state index in [4.69, 9.17) is 13.9 Å². The zero-order valence-electron chi connectivity index (χ0n) is 14.7. The van der Waals surface area contributed by atoms with E-state index in [0.29, 0.717) is 6.42 Å². The van der Waals surface area contributed by atoms with Gasteiger partial charge < -0.3 is 13.9 Å². The number of esters is 1. The van der Waals surface area contributed by atoms with Crippen LogP contribution in [-0.4, -0.2) is 40.2 Å². The summed E-state index contributed by atoms with van der Waals surface area (Å²) in [5.74, 6) is -0.0599. The average Bonchev–Trinajstić information content (AvgIpc) is 2.37. The van der Waals surface area contributed by atoms with Gasteiger partial charge in [0.05, 0.1) is 25.7 Å². The van der Waals surface area contributed by atoms with Crippen LogP contribution >= 0.6 is 0 Å². The summed E-state index contributed by atoms with van der Waals surface area (Å²) in [7, 11) is -0.393. The third-order valence-corrected chi connectivity index (χ3v) is 9.34. The Morgan fingerprint density at radius 1 is 1.38 bits per heavy atom. The number of rotatable bonds is 5. The van der Waals surface area contributed by atoms with Crippen LogP contribution in [0.4, 0.5) is 0 Å². The van der Waals surface area contributed by atoms with Crippen LogP contribution in [0.5, 0.6) is 0 Å². The molecule has 1 rings (SSSR count). The predicted molar refractivity (Wildman–Crippen MR) is 86.8 cm³/mol. The van der Waals surface area contributed by atoms with Gasteiger partial charge in [-0.25, -0.2) is 0 Å². The highest BCUT2D eigenvalue weighted by Gasteiger charge is 2.42. The largest absolute Gasteiger partial charge is 0.469 e. The van der Waals surface area contributed by atoms with E-state index in [0.717, 1.165) is 19.4 Å². The highest BCUT2D eigenvalue weighted by atomic mass is 28.4. The molecule has 0 amide bonds. The molecule has 0 aromatic carbocycles. The number of hydrogen-bond acceptors (Lipinski definition) is 4. The second-order valence-electron chi connectivity index (χ2n) is 7.65. The lowest BCUT2D eigenvalue weighted by molar-refractivity contribution is -0.145. The van der Waals surface area contributed by atoms with E-state index >= 15 is 0 Å². The molecule has 0 aliphatic carbocycles. The quantitative estimate of drug-likeness (QED) is 0.572. The molecule has 1 aliphatic rings. The molecular weight excluding hydrogens is 284 g/mol. The van der Waals surface area contributed by atoms with Gasteiger partial charge in [0, 0.05) is 6.61 Å². The van der Waals surface area contributed by atoms with Crippen molar-refractivity contribution < 1.29 is 18.7 Å². The average molecular weight is 317 g/mol. The molecule has 0 saturated carbocycles. The van der Waals surface area contributed by atoms with Crippen molar-refractivity contribution in [3.63, 3.8) is 0 Å². The van der Waals surface area contributed by atoms with Gasteiger partial charge in [-0.05, 0) is 36.9 Å². The molecule has 1 aliphatic heterocycles. The van der Waals surface area contributed by atoms with Gasteiger partial charge >= 0.3 is 5.97 Å². The number of hydrogen-bond donors (Lipinski definition) is 0. The standard InChI is InChI=1S/C16H32O4Si/c1-12(11-14(17)18-5)15-13(9-8-10-19-15)20-21(6,7)16(2,3)4/h12-13,15H,8-11H2,1-7H3/t12-,13-,15+/m0/s1. The minimum absolute atomic E-state index is 0.00743. The van der Waals surface area contributed by atoms with Crippen LogP contribution in [0.15, 0.2) is 0 Å². The summed E-state index contributed by atoms with van der Waals surface area (Å²) in [6.45, 7) is 14.1. The maximum Gasteiger partial charge on any atom is 0.305 e. The minimum Gasteiger partial charge on any atom is -0.469 e. The van der Waals surface area contributed by atoms with Crippen molar-refractivity contribution in [2.75, 3.05) is 13.7 Å². The van der Waals surface area contributed by atoms with Crippen LogP contribution < -0.4 is 0 Å². The van der Waals surface area contributed by atoms with E-state index in [1.807, 2.05) is 0 Å². The fraction of sp³-hybridized carbons (Fsp3) is 0.938. The maximum absolute atomic E-state index is 11.5. The van der Waals surface area contributed by atoms with Gasteiger partial charge in [-0.15, -0.1) is 0 Å². The summed E-state index contributed by atoms with van der Waals surface area (Å²) >= 11 is 0. The van der Waals surface area contributed by atoms with Gasteiger partial charge in [0.25, 0.3) is 0 Å². The van der Waals surface area contributed by atoms with E-state index < -0.39 is 8.32 Å². The molecule has 0 bridgehead atoms. The summed E-state index contributed by atoms with van der Waals surface area (Å²) in [5, 5.41) is 0.181. The molecule has 0 N–H and O–H groups in total. The zero-order valence-corrected chi connectivity index (χ0v) is 15.7. The van der Waals surface area contributed by atoms with Crippen molar-refractivity contribution >= 4 is 14.3 Å². The van der Waals surface area contributed by atoms with Crippen LogP contribution in [0, 0.1) is 5.92 Å². The first-order chi connectivity index (χ1) is 9.58. The maximum atomic E-state index is 11.5. The Kier molecular flexibility index (Phi) is 6.44. The van der Waals surface area contributed by atoms with Crippen molar-refractivity contribution in [2.24, 2.45) is 5.92 Å². The third-order valence-electron chi connectivity index (χ3n) is 4.84. The number of methoxy groups -OCH3 is 1. The topological polar surface area (TPSA) is 44.8 Å². The number of ether oxygens (including phenoxy) is 2. The van der Waals surface area contributed by atoms with Crippen molar-refractivity contribution in [2.45, 2.75) is 77.3 Å². The summed E-state index contributed by atoms with van der Waals surface area (Å²) in [5.41, 5.74) is 0. The molecule has 1 fully saturated rings. The van der Waals surface area contributed by atoms with E-state index in [9.17, 15) is 4.79 Å². The van der Waals surface area contributed by atoms with Gasteiger partial charge in [0.2, 0.25) is 0 Å². The van der Waals surface area contributed by atoms with Crippen molar-refractivity contribution in [1.82, 2.24) is 0 Å². The predicted octanol–water partition coefficient (Wildman–Crippen LogP) is 3.76. The first kappa shape index (κ1) is 18.7. The van der Waals surface area contributed by atoms with Crippen LogP contribution in [-0.2, 0) is 18.7 Å². The Morgan fingerprint density at radius 2 is 2.00 bits per heavy atom. The third kappa shape index (κ3) is 5.08. The van der Waals surface area contributed by atoms with Gasteiger partial charge in [-0.2, -0.15) is 0 Å². The van der Waals surface area contributed by atoms with Crippen molar-refractivity contribution in [3.8, 4) is 0 Å². The van der Waals surface area contributed by atoms with Crippen LogP contribution in [0.3, 0.4) is 0 Å². The fourth-order valence-electron chi connectivity index (χ4n) is 2.45. The Labute approximate surface area is 130 Å². The minimum atomic E-state index is -1.82. The molecule has 5 heteroatoms. The molecule has 3 atom stereocenters. The molecule has 1 saturated heterocycles. The van der Waals surface area contributed by atoms with E-state index in [1.165, 1.54) is 7.11 Å². The lowest BCUT2D eigenvalue weighted by Crippen LogP contribution is -2.50. The highest BCUT2D eigenvalue weighted by molar-refractivity contribution is 6.74. The van der Waals surface area contributed by atoms with Crippen LogP contribution in [0.2, 0.25) is 18.1 Å².